The Morgan fingerprint density at radius 2 is 2.32 bits per heavy atom. The average molecular weight is 383 g/mol. The molecule has 19 heavy (non-hydrogen) atoms. The summed E-state index contributed by atoms with van der Waals surface area (Å²) < 4.78 is 34.6. The van der Waals surface area contributed by atoms with E-state index in [1.165, 1.54) is 6.08 Å². The second-order valence-electron chi connectivity index (χ2n) is 4.43. The number of allylic oxidation sites excluding steroid dienone is 3. The van der Waals surface area contributed by atoms with Crippen LogP contribution >= 0.6 is 0 Å². The molecular weight excluding hydrogens is 369 g/mol. The molecule has 0 bridgehead atoms. The Hall–Kier alpha value is -0.760. The molecule has 2 rings (SSSR count). The molecule has 0 spiro atoms. The van der Waals surface area contributed by atoms with Crippen LogP contribution in [0.5, 0.6) is 0 Å². The summed E-state index contributed by atoms with van der Waals surface area (Å²) in [7, 11) is 0. The molecule has 0 aromatic rings. The zero-order chi connectivity index (χ0) is 14.0. The van der Waals surface area contributed by atoms with Crippen LogP contribution in [0.25, 0.3) is 0 Å². The molecule has 1 N–H and O–H groups in total. The number of aliphatic carboxylic acids is 1. The van der Waals surface area contributed by atoms with Gasteiger partial charge in [0.15, 0.2) is 0 Å². The quantitative estimate of drug-likeness (QED) is 0.682. The minimum absolute atomic E-state index is 0.0411. The molecule has 0 aromatic carbocycles. The zero-order valence-corrected chi connectivity index (χ0v) is 12.5. The number of carboxylic acids is 1. The summed E-state index contributed by atoms with van der Waals surface area (Å²) in [6, 6.07) is 0. The normalized spacial score (nSPS) is 24.8. The van der Waals surface area contributed by atoms with Gasteiger partial charge in [0.1, 0.15) is 0 Å². The van der Waals surface area contributed by atoms with Crippen molar-refractivity contribution < 1.29 is 44.6 Å². The van der Waals surface area contributed by atoms with Crippen LogP contribution in [0.1, 0.15) is 19.8 Å². The predicted molar refractivity (Wildman–Crippen MR) is 61.5 cm³/mol. The molecule has 0 amide bonds. The Balaban J connectivity index is 2.56. The first-order chi connectivity index (χ1) is 8.91. The zero-order valence-electron chi connectivity index (χ0n) is 10.3. The number of hydrogen-bond acceptors (Lipinski definition) is 2. The van der Waals surface area contributed by atoms with E-state index in [9.17, 15) is 18.7 Å². The SMILES string of the molecule is CC(F)(F)C1=C(C2CCCO2)C(C(=O)O)=CC=C[I-]1. The monoisotopic (exact) mass is 383 g/mol. The number of halogens is 3. The standard InChI is InChI=1S/C13H14F2IO3/c1-13(14,15)11-10(9-5-3-7-19-9)8(12(17)18)4-2-6-16-11/h2,4,6,9H,3,5,7H2,1H3,(H,17,18)/q-1. The molecule has 3 nitrogen and oxygen atoms in total. The van der Waals surface area contributed by atoms with E-state index in [1.54, 1.807) is 10.2 Å². The Labute approximate surface area is 120 Å². The predicted octanol–water partition coefficient (Wildman–Crippen LogP) is -0.298. The fourth-order valence-corrected chi connectivity index (χ4v) is 4.43. The van der Waals surface area contributed by atoms with Gasteiger partial charge in [-0.15, -0.1) is 0 Å². The first-order valence-corrected chi connectivity index (χ1v) is 8.21. The van der Waals surface area contributed by atoms with Crippen molar-refractivity contribution >= 4 is 5.97 Å². The molecular formula is C13H14F2IO3-. The van der Waals surface area contributed by atoms with Crippen LogP contribution < -0.4 is 21.2 Å². The van der Waals surface area contributed by atoms with E-state index in [4.69, 9.17) is 4.74 Å². The molecule has 2 aliphatic heterocycles. The van der Waals surface area contributed by atoms with Crippen LogP contribution in [0.4, 0.5) is 8.78 Å². The van der Waals surface area contributed by atoms with Gasteiger partial charge >= 0.3 is 120 Å². The average Bonchev–Trinajstić information content (AvgIpc) is 2.71. The fraction of sp³-hybridized carbons (Fsp3) is 0.462. The van der Waals surface area contributed by atoms with Gasteiger partial charge in [0.05, 0.1) is 0 Å². The van der Waals surface area contributed by atoms with Gasteiger partial charge in [-0.2, -0.15) is 0 Å². The maximum atomic E-state index is 13.8. The maximum absolute atomic E-state index is 13.8. The van der Waals surface area contributed by atoms with E-state index in [0.717, 1.165) is 13.3 Å². The van der Waals surface area contributed by atoms with Crippen LogP contribution in [-0.4, -0.2) is 29.7 Å². The van der Waals surface area contributed by atoms with Crippen molar-refractivity contribution in [2.45, 2.75) is 31.8 Å². The Morgan fingerprint density at radius 1 is 1.58 bits per heavy atom. The Bertz CT molecular complexity index is 469. The Morgan fingerprint density at radius 3 is 2.84 bits per heavy atom. The van der Waals surface area contributed by atoms with Gasteiger partial charge in [-0.25, -0.2) is 0 Å². The van der Waals surface area contributed by atoms with Gasteiger partial charge in [-0.1, -0.05) is 0 Å². The van der Waals surface area contributed by atoms with Gasteiger partial charge in [0.25, 0.3) is 0 Å². The van der Waals surface area contributed by atoms with Crippen LogP contribution in [0, 0.1) is 0 Å². The number of ether oxygens (including phenoxy) is 1. The van der Waals surface area contributed by atoms with E-state index in [2.05, 4.69) is 0 Å². The number of alkyl halides is 2. The summed E-state index contributed by atoms with van der Waals surface area (Å²) in [5, 5.41) is 9.25. The van der Waals surface area contributed by atoms with E-state index in [1.807, 2.05) is 0 Å². The fourth-order valence-electron chi connectivity index (χ4n) is 2.14. The molecule has 2 heterocycles. The number of carbonyl (C=O) groups is 1. The summed E-state index contributed by atoms with van der Waals surface area (Å²) in [5.74, 6) is -4.18. The van der Waals surface area contributed by atoms with Crippen molar-refractivity contribution in [2.75, 3.05) is 6.61 Å². The van der Waals surface area contributed by atoms with Gasteiger partial charge in [-0.05, 0) is 0 Å². The second kappa shape index (κ2) is 5.70. The van der Waals surface area contributed by atoms with Gasteiger partial charge in [0, 0.05) is 0 Å². The summed E-state index contributed by atoms with van der Waals surface area (Å²) in [6.45, 7) is 1.32. The molecule has 6 heteroatoms. The van der Waals surface area contributed by atoms with E-state index < -0.39 is 39.2 Å². The number of carboxylic acid groups (broad SMARTS) is 1. The van der Waals surface area contributed by atoms with Crippen LogP contribution in [0.2, 0.25) is 0 Å². The molecule has 1 saturated heterocycles. The van der Waals surface area contributed by atoms with Crippen molar-refractivity contribution in [3.05, 3.63) is 31.0 Å². The molecule has 1 fully saturated rings. The van der Waals surface area contributed by atoms with Gasteiger partial charge in [-0.3, -0.25) is 0 Å². The minimum atomic E-state index is -3.00. The van der Waals surface area contributed by atoms with E-state index >= 15 is 0 Å². The van der Waals surface area contributed by atoms with Crippen molar-refractivity contribution in [1.82, 2.24) is 0 Å². The third-order valence-electron chi connectivity index (χ3n) is 2.90. The second-order valence-corrected chi connectivity index (χ2v) is 6.85. The molecule has 2 aliphatic rings. The van der Waals surface area contributed by atoms with Crippen molar-refractivity contribution in [1.29, 1.82) is 0 Å². The van der Waals surface area contributed by atoms with Crippen molar-refractivity contribution in [3.63, 3.8) is 0 Å². The van der Waals surface area contributed by atoms with Crippen molar-refractivity contribution in [3.8, 4) is 0 Å². The van der Waals surface area contributed by atoms with Crippen LogP contribution in [0.3, 0.4) is 0 Å². The van der Waals surface area contributed by atoms with Crippen LogP contribution in [-0.2, 0) is 9.53 Å². The van der Waals surface area contributed by atoms with Gasteiger partial charge < -0.3 is 0 Å². The van der Waals surface area contributed by atoms with E-state index in [0.29, 0.717) is 13.0 Å². The molecule has 106 valence electrons. The van der Waals surface area contributed by atoms with Gasteiger partial charge in [0.2, 0.25) is 0 Å². The first kappa shape index (κ1) is 14.6. The summed E-state index contributed by atoms with van der Waals surface area (Å²) in [5.41, 5.74) is 0.146. The molecule has 0 radical (unpaired) electrons. The molecule has 1 atom stereocenters. The molecule has 0 saturated carbocycles. The van der Waals surface area contributed by atoms with Crippen molar-refractivity contribution in [2.24, 2.45) is 0 Å². The summed E-state index contributed by atoms with van der Waals surface area (Å²) >= 11 is -1.03. The van der Waals surface area contributed by atoms with E-state index in [-0.39, 0.29) is 14.7 Å². The first-order valence-electron chi connectivity index (χ1n) is 5.89. The summed E-state index contributed by atoms with van der Waals surface area (Å²) in [4.78, 5) is 11.3. The molecule has 1 unspecified atom stereocenters. The van der Waals surface area contributed by atoms with Crippen LogP contribution in [0.15, 0.2) is 31.0 Å². The molecule has 0 aliphatic carbocycles. The third-order valence-corrected chi connectivity index (χ3v) is 5.83. The Kier molecular flexibility index (Phi) is 4.39. The number of hydrogen-bond donors (Lipinski definition) is 1. The number of rotatable bonds is 3. The topological polar surface area (TPSA) is 46.5 Å². The third kappa shape index (κ3) is 3.22. The summed E-state index contributed by atoms with van der Waals surface area (Å²) in [6.07, 6.45) is 3.82. The molecule has 0 aromatic heterocycles.